The summed E-state index contributed by atoms with van der Waals surface area (Å²) in [6.45, 7) is 1.95. The summed E-state index contributed by atoms with van der Waals surface area (Å²) in [5.41, 5.74) is 4.43. The zero-order chi connectivity index (χ0) is 21.4. The lowest BCUT2D eigenvalue weighted by Crippen LogP contribution is -2.31. The Morgan fingerprint density at radius 1 is 1.10 bits per heavy atom. The number of hydrogen-bond acceptors (Lipinski definition) is 5. The van der Waals surface area contributed by atoms with Crippen LogP contribution in [0.25, 0.3) is 11.0 Å². The summed E-state index contributed by atoms with van der Waals surface area (Å²) >= 11 is 1.71. The topological polar surface area (TPSA) is 56.1 Å². The molecule has 2 aliphatic rings. The van der Waals surface area contributed by atoms with Crippen LogP contribution in [0.5, 0.6) is 0 Å². The van der Waals surface area contributed by atoms with Crippen molar-refractivity contribution in [1.29, 1.82) is 0 Å². The predicted octanol–water partition coefficient (Wildman–Crippen LogP) is 5.92. The van der Waals surface area contributed by atoms with Gasteiger partial charge in [-0.05, 0) is 68.7 Å². The third-order valence-corrected chi connectivity index (χ3v) is 7.05. The van der Waals surface area contributed by atoms with E-state index < -0.39 is 0 Å². The highest BCUT2D eigenvalue weighted by atomic mass is 32.2. The van der Waals surface area contributed by atoms with Gasteiger partial charge in [-0.15, -0.1) is 11.8 Å². The van der Waals surface area contributed by atoms with Crippen LogP contribution >= 0.6 is 11.8 Å². The Bertz CT molecular complexity index is 1140. The molecule has 2 heterocycles. The molecule has 1 aliphatic heterocycles. The first-order valence-corrected chi connectivity index (χ1v) is 12.2. The van der Waals surface area contributed by atoms with Gasteiger partial charge in [0.1, 0.15) is 6.10 Å². The number of nitrogens with zero attached hydrogens (tertiary/aromatic N) is 2. The molecule has 1 atom stereocenters. The minimum absolute atomic E-state index is 0.0157. The fourth-order valence-corrected chi connectivity index (χ4v) is 5.14. The minimum atomic E-state index is -0.282. The van der Waals surface area contributed by atoms with Gasteiger partial charge in [0.15, 0.2) is 0 Å². The van der Waals surface area contributed by atoms with Gasteiger partial charge in [-0.2, -0.15) is 0 Å². The standard InChI is InChI=1S/C25H27N3O2S/c1-16-22(24(29)30-18-8-4-3-5-9-18)23(17-12-14-19(31-2)15-13-17)28-21-11-7-6-10-20(21)27-25(28)26-16/h6-7,10-15,18,23H,3-5,8-9H2,1-2H3,(H,26,27). The Hall–Kier alpha value is -2.73. The number of aromatic nitrogens is 2. The average molecular weight is 434 g/mol. The number of anilines is 1. The molecule has 0 bridgehead atoms. The first kappa shape index (κ1) is 20.2. The van der Waals surface area contributed by atoms with Crippen molar-refractivity contribution in [2.24, 2.45) is 0 Å². The van der Waals surface area contributed by atoms with E-state index in [1.165, 1.54) is 11.3 Å². The number of ether oxygens (including phenoxy) is 1. The zero-order valence-electron chi connectivity index (χ0n) is 17.9. The molecule has 2 aromatic carbocycles. The Kier molecular flexibility index (Phi) is 5.48. The molecule has 0 amide bonds. The predicted molar refractivity (Wildman–Crippen MR) is 125 cm³/mol. The number of imidazole rings is 1. The Morgan fingerprint density at radius 2 is 1.84 bits per heavy atom. The van der Waals surface area contributed by atoms with E-state index in [4.69, 9.17) is 9.72 Å². The summed E-state index contributed by atoms with van der Waals surface area (Å²) in [4.78, 5) is 19.5. The van der Waals surface area contributed by atoms with Crippen molar-refractivity contribution in [3.63, 3.8) is 0 Å². The van der Waals surface area contributed by atoms with Crippen molar-refractivity contribution in [2.75, 3.05) is 11.6 Å². The lowest BCUT2D eigenvalue weighted by Gasteiger charge is -2.31. The van der Waals surface area contributed by atoms with Gasteiger partial charge in [0.25, 0.3) is 0 Å². The largest absolute Gasteiger partial charge is 0.459 e. The average Bonchev–Trinajstić information content (AvgIpc) is 3.16. The van der Waals surface area contributed by atoms with Gasteiger partial charge in [-0.3, -0.25) is 4.57 Å². The minimum Gasteiger partial charge on any atom is -0.459 e. The molecule has 1 aromatic heterocycles. The highest BCUT2D eigenvalue weighted by Crippen LogP contribution is 2.40. The molecule has 31 heavy (non-hydrogen) atoms. The third kappa shape index (κ3) is 3.74. The van der Waals surface area contributed by atoms with Crippen LogP contribution < -0.4 is 5.32 Å². The highest BCUT2D eigenvalue weighted by Gasteiger charge is 2.36. The second kappa shape index (κ2) is 8.42. The van der Waals surface area contributed by atoms with E-state index in [9.17, 15) is 4.79 Å². The number of benzene rings is 2. The summed E-state index contributed by atoms with van der Waals surface area (Å²) in [6.07, 6.45) is 7.48. The molecule has 1 saturated carbocycles. The van der Waals surface area contributed by atoms with E-state index in [1.54, 1.807) is 11.8 Å². The molecule has 3 aromatic rings. The van der Waals surface area contributed by atoms with Crippen LogP contribution in [0.2, 0.25) is 0 Å². The maximum absolute atomic E-state index is 13.5. The molecular weight excluding hydrogens is 406 g/mol. The lowest BCUT2D eigenvalue weighted by atomic mass is 9.94. The SMILES string of the molecule is CSc1ccc(C2C(C(=O)OC3CCCCC3)=C(C)Nc3nc4ccccc4n32)cc1. The number of fused-ring (bicyclic) bond motifs is 3. The third-order valence-electron chi connectivity index (χ3n) is 6.31. The molecule has 5 rings (SSSR count). The van der Waals surface area contributed by atoms with E-state index in [2.05, 4.69) is 46.5 Å². The molecule has 1 aliphatic carbocycles. The molecule has 0 radical (unpaired) electrons. The number of esters is 1. The molecule has 1 fully saturated rings. The summed E-state index contributed by atoms with van der Waals surface area (Å²) in [5.74, 6) is 0.533. The summed E-state index contributed by atoms with van der Waals surface area (Å²) in [7, 11) is 0. The van der Waals surface area contributed by atoms with Gasteiger partial charge < -0.3 is 10.1 Å². The number of nitrogens with one attached hydrogen (secondary N) is 1. The molecule has 0 saturated heterocycles. The number of allylic oxidation sites excluding steroid dienone is 1. The second-order valence-electron chi connectivity index (χ2n) is 8.30. The number of para-hydroxylation sites is 2. The molecule has 0 spiro atoms. The number of carbonyl (C=O) groups is 1. The van der Waals surface area contributed by atoms with Gasteiger partial charge in [-0.1, -0.05) is 30.7 Å². The van der Waals surface area contributed by atoms with Gasteiger partial charge in [0, 0.05) is 10.6 Å². The molecule has 6 heteroatoms. The quantitative estimate of drug-likeness (QED) is 0.409. The first-order chi connectivity index (χ1) is 15.2. The number of carbonyl (C=O) groups excluding carboxylic acids is 1. The molecule has 160 valence electrons. The fourth-order valence-electron chi connectivity index (χ4n) is 4.73. The van der Waals surface area contributed by atoms with Crippen LogP contribution in [0.15, 0.2) is 64.7 Å². The Morgan fingerprint density at radius 3 is 2.58 bits per heavy atom. The first-order valence-electron chi connectivity index (χ1n) is 11.0. The maximum Gasteiger partial charge on any atom is 0.338 e. The summed E-state index contributed by atoms with van der Waals surface area (Å²) in [5, 5.41) is 3.37. The molecule has 1 N–H and O–H groups in total. The van der Waals surface area contributed by atoms with Crippen molar-refractivity contribution in [1.82, 2.24) is 9.55 Å². The smallest absolute Gasteiger partial charge is 0.338 e. The van der Waals surface area contributed by atoms with Crippen molar-refractivity contribution < 1.29 is 9.53 Å². The van der Waals surface area contributed by atoms with Crippen LogP contribution in [-0.2, 0) is 9.53 Å². The molecular formula is C25H27N3O2S. The van der Waals surface area contributed by atoms with E-state index in [0.29, 0.717) is 5.57 Å². The van der Waals surface area contributed by atoms with Gasteiger partial charge >= 0.3 is 5.97 Å². The van der Waals surface area contributed by atoms with Crippen LogP contribution in [0.3, 0.4) is 0 Å². The maximum atomic E-state index is 13.5. The van der Waals surface area contributed by atoms with Gasteiger partial charge in [0.05, 0.1) is 22.6 Å². The Labute approximate surface area is 186 Å². The van der Waals surface area contributed by atoms with Crippen LogP contribution in [0.4, 0.5) is 5.95 Å². The van der Waals surface area contributed by atoms with Crippen molar-refractivity contribution in [2.45, 2.75) is 56.1 Å². The van der Waals surface area contributed by atoms with Crippen LogP contribution in [-0.4, -0.2) is 27.9 Å². The number of thioether (sulfide) groups is 1. The van der Waals surface area contributed by atoms with E-state index in [-0.39, 0.29) is 18.1 Å². The van der Waals surface area contributed by atoms with Crippen LogP contribution in [0, 0.1) is 0 Å². The van der Waals surface area contributed by atoms with Crippen molar-refractivity contribution >= 4 is 34.7 Å². The second-order valence-corrected chi connectivity index (χ2v) is 9.18. The lowest BCUT2D eigenvalue weighted by molar-refractivity contribution is -0.146. The Balaban J connectivity index is 1.61. The monoisotopic (exact) mass is 433 g/mol. The van der Waals surface area contributed by atoms with Gasteiger partial charge in [0.2, 0.25) is 5.95 Å². The van der Waals surface area contributed by atoms with Crippen LogP contribution in [0.1, 0.15) is 50.6 Å². The van der Waals surface area contributed by atoms with E-state index in [1.807, 2.05) is 25.1 Å². The van der Waals surface area contributed by atoms with Crippen molar-refractivity contribution in [3.8, 4) is 0 Å². The normalized spacial score (nSPS) is 19.2. The number of rotatable bonds is 4. The number of hydrogen-bond donors (Lipinski definition) is 1. The summed E-state index contributed by atoms with van der Waals surface area (Å²) in [6, 6.07) is 16.2. The molecule has 1 unspecified atom stereocenters. The zero-order valence-corrected chi connectivity index (χ0v) is 18.7. The molecule has 5 nitrogen and oxygen atoms in total. The summed E-state index contributed by atoms with van der Waals surface area (Å²) < 4.78 is 8.16. The van der Waals surface area contributed by atoms with Crippen molar-refractivity contribution in [3.05, 3.63) is 65.4 Å². The fraction of sp³-hybridized carbons (Fsp3) is 0.360. The highest BCUT2D eigenvalue weighted by molar-refractivity contribution is 7.98. The van der Waals surface area contributed by atoms with Gasteiger partial charge in [-0.25, -0.2) is 9.78 Å². The van der Waals surface area contributed by atoms with E-state index >= 15 is 0 Å². The van der Waals surface area contributed by atoms with E-state index in [0.717, 1.165) is 53.9 Å².